The van der Waals surface area contributed by atoms with Crippen LogP contribution >= 0.6 is 11.8 Å². The summed E-state index contributed by atoms with van der Waals surface area (Å²) in [7, 11) is 1.70. The van der Waals surface area contributed by atoms with Crippen LogP contribution in [-0.2, 0) is 11.3 Å². The van der Waals surface area contributed by atoms with E-state index >= 15 is 0 Å². The third kappa shape index (κ3) is 5.01. The second-order valence-electron chi connectivity index (χ2n) is 5.30. The highest BCUT2D eigenvalue weighted by atomic mass is 32.2. The number of alkyl halides is 2. The Morgan fingerprint density at radius 2 is 1.88 bits per heavy atom. The van der Waals surface area contributed by atoms with Crippen molar-refractivity contribution in [2.45, 2.75) is 23.2 Å². The molecular weight excluding hydrogens is 337 g/mol. The van der Waals surface area contributed by atoms with Crippen LogP contribution in [0.25, 0.3) is 0 Å². The Hall–Kier alpha value is -1.99. The van der Waals surface area contributed by atoms with E-state index in [1.54, 1.807) is 42.3 Å². The van der Waals surface area contributed by atoms with Gasteiger partial charge in [0, 0.05) is 11.4 Å². The number of thioether (sulfide) groups is 1. The van der Waals surface area contributed by atoms with Crippen LogP contribution in [0.3, 0.4) is 0 Å². The number of halogens is 3. The number of carbonyl (C=O) groups excluding carboxylic acids is 1. The highest BCUT2D eigenvalue weighted by Crippen LogP contribution is 2.26. The van der Waals surface area contributed by atoms with E-state index in [-0.39, 0.29) is 0 Å². The molecule has 0 aliphatic heterocycles. The van der Waals surface area contributed by atoms with Crippen molar-refractivity contribution < 1.29 is 18.0 Å². The van der Waals surface area contributed by atoms with E-state index in [4.69, 9.17) is 5.73 Å². The van der Waals surface area contributed by atoms with Gasteiger partial charge in [0.2, 0.25) is 5.91 Å². The summed E-state index contributed by atoms with van der Waals surface area (Å²) in [5.41, 5.74) is 6.76. The first kappa shape index (κ1) is 18.4. The summed E-state index contributed by atoms with van der Waals surface area (Å²) in [6.07, 6.45) is 0. The highest BCUT2D eigenvalue weighted by Gasteiger charge is 2.23. The van der Waals surface area contributed by atoms with Crippen molar-refractivity contribution in [2.75, 3.05) is 7.05 Å². The lowest BCUT2D eigenvalue weighted by Gasteiger charge is -2.26. The number of nitrogens with two attached hydrogens (primary N) is 1. The molecule has 0 aliphatic carbocycles. The third-order valence-electron chi connectivity index (χ3n) is 3.46. The molecule has 3 nitrogen and oxygen atoms in total. The zero-order valence-electron chi connectivity index (χ0n) is 13.0. The number of hydrogen-bond acceptors (Lipinski definition) is 3. The topological polar surface area (TPSA) is 46.3 Å². The lowest BCUT2D eigenvalue weighted by Crippen LogP contribution is -2.35. The number of benzene rings is 2. The van der Waals surface area contributed by atoms with E-state index in [1.165, 1.54) is 18.2 Å². The smallest absolute Gasteiger partial charge is 0.288 e. The molecule has 0 saturated heterocycles. The molecule has 0 saturated carbocycles. The summed E-state index contributed by atoms with van der Waals surface area (Å²) in [5.74, 6) is -3.50. The molecule has 2 N–H and O–H groups in total. The van der Waals surface area contributed by atoms with Crippen molar-refractivity contribution >= 4 is 17.7 Å². The maximum Gasteiger partial charge on any atom is 0.288 e. The molecule has 0 fully saturated rings. The Balaban J connectivity index is 2.13. The van der Waals surface area contributed by atoms with Gasteiger partial charge in [-0.3, -0.25) is 9.69 Å². The largest absolute Gasteiger partial charge is 0.368 e. The first-order valence-corrected chi connectivity index (χ1v) is 8.03. The number of rotatable bonds is 7. The first-order valence-electron chi connectivity index (χ1n) is 7.15. The fourth-order valence-corrected chi connectivity index (χ4v) is 2.97. The highest BCUT2D eigenvalue weighted by molar-refractivity contribution is 7.99. The first-order chi connectivity index (χ1) is 11.4. The van der Waals surface area contributed by atoms with Crippen LogP contribution in [0.15, 0.2) is 53.4 Å². The van der Waals surface area contributed by atoms with Gasteiger partial charge in [-0.05, 0) is 42.4 Å². The Kier molecular flexibility index (Phi) is 6.28. The number of likely N-dealkylation sites (N-methyl/N-ethyl adjacent to an activating group) is 1. The monoisotopic (exact) mass is 354 g/mol. The van der Waals surface area contributed by atoms with Gasteiger partial charge in [0.25, 0.3) is 5.76 Å². The average Bonchev–Trinajstić information content (AvgIpc) is 2.48. The Bertz CT molecular complexity index is 694. The Morgan fingerprint density at radius 1 is 1.21 bits per heavy atom. The summed E-state index contributed by atoms with van der Waals surface area (Å²) >= 11 is 0.473. The van der Waals surface area contributed by atoms with Gasteiger partial charge in [-0.25, -0.2) is 4.39 Å². The van der Waals surface area contributed by atoms with Crippen molar-refractivity contribution in [3.63, 3.8) is 0 Å². The van der Waals surface area contributed by atoms with Crippen LogP contribution in [0.1, 0.15) is 17.2 Å². The van der Waals surface area contributed by atoms with Crippen molar-refractivity contribution in [1.82, 2.24) is 4.90 Å². The Morgan fingerprint density at radius 3 is 2.42 bits per heavy atom. The maximum atomic E-state index is 13.4. The SMILES string of the molecule is CN(Cc1ccc(SC(F)F)cc1)C(C(N)=O)c1cccc(F)c1. The van der Waals surface area contributed by atoms with E-state index < -0.39 is 23.5 Å². The molecule has 7 heteroatoms. The molecule has 0 spiro atoms. The summed E-state index contributed by atoms with van der Waals surface area (Å²) < 4.78 is 38.0. The van der Waals surface area contributed by atoms with Gasteiger partial charge >= 0.3 is 0 Å². The zero-order chi connectivity index (χ0) is 17.7. The van der Waals surface area contributed by atoms with Gasteiger partial charge in [0.1, 0.15) is 11.9 Å². The summed E-state index contributed by atoms with van der Waals surface area (Å²) in [5, 5.41) is 0. The molecule has 2 rings (SSSR count). The summed E-state index contributed by atoms with van der Waals surface area (Å²) in [6, 6.07) is 11.6. The number of nitrogens with zero attached hydrogens (tertiary/aromatic N) is 1. The minimum absolute atomic E-state index is 0.365. The van der Waals surface area contributed by atoms with Gasteiger partial charge < -0.3 is 5.73 Å². The molecule has 1 atom stereocenters. The molecule has 0 aromatic heterocycles. The van der Waals surface area contributed by atoms with Crippen molar-refractivity contribution in [1.29, 1.82) is 0 Å². The fraction of sp³-hybridized carbons (Fsp3) is 0.235. The minimum Gasteiger partial charge on any atom is -0.368 e. The predicted molar refractivity (Wildman–Crippen MR) is 88.1 cm³/mol. The predicted octanol–water partition coefficient (Wildman–Crippen LogP) is 3.80. The van der Waals surface area contributed by atoms with Crippen LogP contribution in [0.2, 0.25) is 0 Å². The second-order valence-corrected chi connectivity index (χ2v) is 6.36. The van der Waals surface area contributed by atoms with E-state index in [0.29, 0.717) is 28.8 Å². The van der Waals surface area contributed by atoms with E-state index in [1.807, 2.05) is 0 Å². The number of hydrogen-bond donors (Lipinski definition) is 1. The standard InChI is InChI=1S/C17H17F3N2OS/c1-22(10-11-5-7-14(8-6-11)24-17(19)20)15(16(21)23)12-3-2-4-13(18)9-12/h2-9,15,17H,10H2,1H3,(H2,21,23). The lowest BCUT2D eigenvalue weighted by molar-refractivity contribution is -0.123. The lowest BCUT2D eigenvalue weighted by atomic mass is 10.0. The van der Waals surface area contributed by atoms with Crippen LogP contribution < -0.4 is 5.73 Å². The molecule has 24 heavy (non-hydrogen) atoms. The normalized spacial score (nSPS) is 12.6. The Labute approximate surface area is 142 Å². The molecule has 0 heterocycles. The van der Waals surface area contributed by atoms with Gasteiger partial charge in [0.05, 0.1) is 0 Å². The zero-order valence-corrected chi connectivity index (χ0v) is 13.8. The maximum absolute atomic E-state index is 13.4. The minimum atomic E-state index is -2.47. The van der Waals surface area contributed by atoms with E-state index in [2.05, 4.69) is 0 Å². The third-order valence-corrected chi connectivity index (χ3v) is 4.18. The number of amides is 1. The molecule has 128 valence electrons. The molecular formula is C17H17F3N2OS. The van der Waals surface area contributed by atoms with Crippen molar-refractivity contribution in [3.8, 4) is 0 Å². The van der Waals surface area contributed by atoms with Crippen LogP contribution in [0.4, 0.5) is 13.2 Å². The molecule has 1 amide bonds. The second kappa shape index (κ2) is 8.21. The molecule has 0 radical (unpaired) electrons. The van der Waals surface area contributed by atoms with E-state index in [0.717, 1.165) is 5.56 Å². The van der Waals surface area contributed by atoms with Crippen LogP contribution in [0, 0.1) is 5.82 Å². The fourth-order valence-electron chi connectivity index (χ4n) is 2.47. The van der Waals surface area contributed by atoms with Crippen LogP contribution in [0.5, 0.6) is 0 Å². The van der Waals surface area contributed by atoms with Gasteiger partial charge in [-0.1, -0.05) is 36.0 Å². The van der Waals surface area contributed by atoms with Crippen LogP contribution in [-0.4, -0.2) is 23.6 Å². The van der Waals surface area contributed by atoms with Gasteiger partial charge in [-0.15, -0.1) is 0 Å². The van der Waals surface area contributed by atoms with Crippen molar-refractivity contribution in [3.05, 3.63) is 65.5 Å². The molecule has 0 aliphatic rings. The molecule has 2 aromatic carbocycles. The van der Waals surface area contributed by atoms with Gasteiger partial charge in [-0.2, -0.15) is 8.78 Å². The molecule has 1 unspecified atom stereocenters. The summed E-state index contributed by atoms with van der Waals surface area (Å²) in [6.45, 7) is 0.365. The molecule has 2 aromatic rings. The molecule has 0 bridgehead atoms. The quantitative estimate of drug-likeness (QED) is 0.770. The van der Waals surface area contributed by atoms with E-state index in [9.17, 15) is 18.0 Å². The van der Waals surface area contributed by atoms with Gasteiger partial charge in [0.15, 0.2) is 0 Å². The number of carbonyl (C=O) groups is 1. The summed E-state index contributed by atoms with van der Waals surface area (Å²) in [4.78, 5) is 13.9. The van der Waals surface area contributed by atoms with Crippen molar-refractivity contribution in [2.24, 2.45) is 5.73 Å². The number of primary amides is 1. The average molecular weight is 354 g/mol.